The molecule has 212 valence electrons. The van der Waals surface area contributed by atoms with Gasteiger partial charge < -0.3 is 5.32 Å². The van der Waals surface area contributed by atoms with E-state index in [1.165, 1.54) is 24.3 Å². The van der Waals surface area contributed by atoms with Gasteiger partial charge in [-0.15, -0.1) is 0 Å². The predicted molar refractivity (Wildman–Crippen MR) is 149 cm³/mol. The molecule has 4 aromatic rings. The van der Waals surface area contributed by atoms with Crippen LogP contribution in [0.1, 0.15) is 45.8 Å². The predicted octanol–water partition coefficient (Wildman–Crippen LogP) is 6.68. The number of nitro groups is 1. The number of amides is 1. The summed E-state index contributed by atoms with van der Waals surface area (Å²) in [5.74, 6) is -2.71. The molecular formula is C32H24F3N3O4. The quantitative estimate of drug-likeness (QED) is 0.168. The number of benzene rings is 4. The molecule has 1 amide bonds. The van der Waals surface area contributed by atoms with Crippen molar-refractivity contribution in [2.75, 3.05) is 11.9 Å². The molecule has 7 rings (SSSR count). The summed E-state index contributed by atoms with van der Waals surface area (Å²) in [7, 11) is 0. The molecule has 0 aliphatic carbocycles. The average Bonchev–Trinajstić information content (AvgIpc) is 3.64. The van der Waals surface area contributed by atoms with Gasteiger partial charge >= 0.3 is 6.18 Å². The Morgan fingerprint density at radius 2 is 1.71 bits per heavy atom. The summed E-state index contributed by atoms with van der Waals surface area (Å²) in [6.45, 7) is 0.415. The van der Waals surface area contributed by atoms with E-state index in [4.69, 9.17) is 0 Å². The van der Waals surface area contributed by atoms with Gasteiger partial charge in [0.05, 0.1) is 22.1 Å². The van der Waals surface area contributed by atoms with Crippen LogP contribution in [0.25, 0.3) is 10.8 Å². The molecule has 42 heavy (non-hydrogen) atoms. The van der Waals surface area contributed by atoms with Crippen LogP contribution in [0.15, 0.2) is 84.9 Å². The Labute approximate surface area is 238 Å². The molecule has 4 aromatic carbocycles. The van der Waals surface area contributed by atoms with Crippen molar-refractivity contribution in [2.45, 2.75) is 36.5 Å². The normalized spacial score (nSPS) is 25.0. The van der Waals surface area contributed by atoms with Crippen molar-refractivity contribution in [3.8, 4) is 0 Å². The maximum Gasteiger partial charge on any atom is 0.418 e. The van der Waals surface area contributed by atoms with E-state index >= 15 is 0 Å². The van der Waals surface area contributed by atoms with Crippen LogP contribution < -0.4 is 5.32 Å². The molecule has 3 unspecified atom stereocenters. The molecule has 1 N–H and O–H groups in total. The van der Waals surface area contributed by atoms with Gasteiger partial charge in [-0.1, -0.05) is 60.7 Å². The van der Waals surface area contributed by atoms with Crippen LogP contribution in [0.5, 0.6) is 0 Å². The van der Waals surface area contributed by atoms with Crippen LogP contribution >= 0.6 is 0 Å². The summed E-state index contributed by atoms with van der Waals surface area (Å²) in [5, 5.41) is 15.7. The van der Waals surface area contributed by atoms with Gasteiger partial charge in [0.25, 0.3) is 5.69 Å². The third-order valence-electron chi connectivity index (χ3n) is 9.15. The number of anilines is 1. The van der Waals surface area contributed by atoms with Gasteiger partial charge in [0.1, 0.15) is 5.54 Å². The van der Waals surface area contributed by atoms with Crippen LogP contribution in [0.4, 0.5) is 24.5 Å². The number of hydrogen-bond acceptors (Lipinski definition) is 5. The van der Waals surface area contributed by atoms with E-state index in [1.54, 1.807) is 24.3 Å². The Kier molecular flexibility index (Phi) is 5.78. The molecule has 0 radical (unpaired) electrons. The third-order valence-corrected chi connectivity index (χ3v) is 9.15. The summed E-state index contributed by atoms with van der Waals surface area (Å²) in [6, 6.07) is 22.1. The molecule has 0 bridgehead atoms. The highest BCUT2D eigenvalue weighted by Gasteiger charge is 2.69. The summed E-state index contributed by atoms with van der Waals surface area (Å²) >= 11 is 0. The number of nitrogens with zero attached hydrogens (tertiary/aromatic N) is 2. The molecule has 3 aliphatic heterocycles. The van der Waals surface area contributed by atoms with Crippen LogP contribution in [0, 0.1) is 16.0 Å². The monoisotopic (exact) mass is 571 g/mol. The van der Waals surface area contributed by atoms with Crippen molar-refractivity contribution in [2.24, 2.45) is 5.92 Å². The second-order valence-electron chi connectivity index (χ2n) is 11.1. The zero-order valence-corrected chi connectivity index (χ0v) is 22.1. The lowest BCUT2D eigenvalue weighted by Gasteiger charge is -2.37. The Morgan fingerprint density at radius 3 is 2.43 bits per heavy atom. The number of halogens is 3. The van der Waals surface area contributed by atoms with E-state index in [9.17, 15) is 32.9 Å². The van der Waals surface area contributed by atoms with Gasteiger partial charge in [-0.3, -0.25) is 24.6 Å². The molecule has 0 aromatic heterocycles. The van der Waals surface area contributed by atoms with E-state index in [1.807, 2.05) is 35.2 Å². The van der Waals surface area contributed by atoms with Crippen molar-refractivity contribution < 1.29 is 27.7 Å². The van der Waals surface area contributed by atoms with Gasteiger partial charge in [0.2, 0.25) is 5.91 Å². The first-order valence-corrected chi connectivity index (χ1v) is 13.7. The highest BCUT2D eigenvalue weighted by atomic mass is 19.4. The van der Waals surface area contributed by atoms with Gasteiger partial charge in [-0.2, -0.15) is 13.2 Å². The molecule has 2 fully saturated rings. The fraction of sp³-hybridized carbons (Fsp3) is 0.250. The topological polar surface area (TPSA) is 92.5 Å². The number of ketones is 1. The highest BCUT2D eigenvalue weighted by Crippen LogP contribution is 2.62. The van der Waals surface area contributed by atoms with Gasteiger partial charge in [-0.25, -0.2) is 0 Å². The summed E-state index contributed by atoms with van der Waals surface area (Å²) in [5.41, 5.74) is -1.98. The number of para-hydroxylation sites is 1. The number of carbonyl (C=O) groups is 2. The zero-order valence-electron chi connectivity index (χ0n) is 22.1. The number of fused-ring (bicyclic) bond motifs is 5. The van der Waals surface area contributed by atoms with Crippen molar-refractivity contribution in [3.05, 3.63) is 117 Å². The van der Waals surface area contributed by atoms with Crippen molar-refractivity contribution >= 4 is 33.8 Å². The van der Waals surface area contributed by atoms with E-state index in [-0.39, 0.29) is 28.8 Å². The largest absolute Gasteiger partial charge is 0.418 e. The first-order valence-electron chi connectivity index (χ1n) is 13.7. The molecule has 4 atom stereocenters. The van der Waals surface area contributed by atoms with Gasteiger partial charge in [0.15, 0.2) is 5.78 Å². The number of nitro benzene ring substituents is 1. The molecule has 1 spiro atoms. The first kappa shape index (κ1) is 26.3. The van der Waals surface area contributed by atoms with Crippen molar-refractivity contribution in [1.82, 2.24) is 4.90 Å². The Bertz CT molecular complexity index is 1790. The number of Topliss-reactive ketones (excluding diaryl/α,β-unsaturated/α-hetero) is 1. The number of non-ortho nitro benzene ring substituents is 1. The minimum absolute atomic E-state index is 0.120. The first-order chi connectivity index (χ1) is 20.1. The fourth-order valence-corrected chi connectivity index (χ4v) is 7.54. The van der Waals surface area contributed by atoms with Crippen molar-refractivity contribution in [3.63, 3.8) is 0 Å². The van der Waals surface area contributed by atoms with E-state index in [0.29, 0.717) is 30.5 Å². The second-order valence-corrected chi connectivity index (χ2v) is 11.1. The van der Waals surface area contributed by atoms with Crippen LogP contribution in [-0.4, -0.2) is 34.1 Å². The summed E-state index contributed by atoms with van der Waals surface area (Å²) < 4.78 is 42.4. The molecule has 3 aliphatic rings. The maximum atomic E-state index is 14.7. The highest BCUT2D eigenvalue weighted by molar-refractivity contribution is 6.13. The summed E-state index contributed by atoms with van der Waals surface area (Å²) in [6.07, 6.45) is -3.41. The lowest BCUT2D eigenvalue weighted by atomic mass is 9.68. The zero-order chi connectivity index (χ0) is 29.4. The van der Waals surface area contributed by atoms with E-state index < -0.39 is 39.9 Å². The molecule has 7 nitrogen and oxygen atoms in total. The van der Waals surface area contributed by atoms with Crippen LogP contribution in [0.2, 0.25) is 0 Å². The molecule has 10 heteroatoms. The molecule has 2 saturated heterocycles. The summed E-state index contributed by atoms with van der Waals surface area (Å²) in [4.78, 5) is 41.7. The standard InChI is InChI=1S/C32H24F3N3O4/c33-32(34,35)24-8-3-7-23-28(24)36-30(40)31(23)27(29(39)21-11-10-18-5-1-2-6-20(18)17-21)26(25-9-4-16-37(25)31)19-12-14-22(15-13-19)38(41)42/h1-3,5-8,10-15,17,25-27H,4,9,16H2,(H,36,40)/t25?,26?,27?,31-/m1/s1. The van der Waals surface area contributed by atoms with Crippen molar-refractivity contribution in [1.29, 1.82) is 0 Å². The third kappa shape index (κ3) is 3.64. The molecule has 3 heterocycles. The Balaban J connectivity index is 1.48. The minimum Gasteiger partial charge on any atom is -0.323 e. The maximum absolute atomic E-state index is 14.7. The number of alkyl halides is 3. The number of nitrogens with one attached hydrogen (secondary N) is 1. The van der Waals surface area contributed by atoms with E-state index in [0.717, 1.165) is 16.8 Å². The smallest absolute Gasteiger partial charge is 0.323 e. The Morgan fingerprint density at radius 1 is 0.976 bits per heavy atom. The second kappa shape index (κ2) is 9.22. The lowest BCUT2D eigenvalue weighted by Crippen LogP contribution is -2.52. The van der Waals surface area contributed by atoms with Gasteiger partial charge in [0, 0.05) is 35.2 Å². The van der Waals surface area contributed by atoms with Crippen LogP contribution in [0.3, 0.4) is 0 Å². The van der Waals surface area contributed by atoms with E-state index in [2.05, 4.69) is 5.32 Å². The van der Waals surface area contributed by atoms with Crippen LogP contribution in [-0.2, 0) is 16.5 Å². The number of hydrogen-bond donors (Lipinski definition) is 1. The lowest BCUT2D eigenvalue weighted by molar-refractivity contribution is -0.384. The van der Waals surface area contributed by atoms with Gasteiger partial charge in [-0.05, 0) is 47.9 Å². The Hall–Kier alpha value is -4.57. The number of rotatable bonds is 4. The molecular weight excluding hydrogens is 547 g/mol. The number of carbonyl (C=O) groups excluding carboxylic acids is 2. The molecule has 0 saturated carbocycles. The average molecular weight is 572 g/mol. The SMILES string of the molecule is O=C(c1ccc2ccccc2c1)C1C(c2ccc([N+](=O)[O-])cc2)C2CCCN2[C@@]12C(=O)Nc1c(C(F)(F)F)cccc12. The minimum atomic E-state index is -4.72. The fourth-order valence-electron chi connectivity index (χ4n) is 7.54.